The van der Waals surface area contributed by atoms with Crippen LogP contribution in [0.3, 0.4) is 0 Å². The molecule has 3 nitrogen and oxygen atoms in total. The van der Waals surface area contributed by atoms with Crippen LogP contribution in [0.1, 0.15) is 34.8 Å². The summed E-state index contributed by atoms with van der Waals surface area (Å²) in [4.78, 5) is 15.5. The average molecular weight is 257 g/mol. The van der Waals surface area contributed by atoms with Crippen LogP contribution in [-0.2, 0) is 0 Å². The molecule has 1 aromatic heterocycles. The van der Waals surface area contributed by atoms with E-state index in [1.807, 2.05) is 0 Å². The maximum Gasteiger partial charge on any atom is 0.337 e. The molecule has 1 fully saturated rings. The number of carboxylic acids is 1. The van der Waals surface area contributed by atoms with Gasteiger partial charge in [-0.25, -0.2) is 9.18 Å². The molecule has 0 atom stereocenters. The fourth-order valence-electron chi connectivity index (χ4n) is 2.14. The second-order valence-electron chi connectivity index (χ2n) is 4.69. The summed E-state index contributed by atoms with van der Waals surface area (Å²) < 4.78 is 13.7. The summed E-state index contributed by atoms with van der Waals surface area (Å²) in [6.45, 7) is 0. The molecule has 1 heterocycles. The number of benzene rings is 1. The third-order valence-corrected chi connectivity index (χ3v) is 3.27. The van der Waals surface area contributed by atoms with Crippen LogP contribution in [0.2, 0.25) is 0 Å². The Balaban J connectivity index is 2.11. The van der Waals surface area contributed by atoms with Gasteiger partial charge >= 0.3 is 5.97 Å². The number of halogens is 1. The Morgan fingerprint density at radius 3 is 2.58 bits per heavy atom. The summed E-state index contributed by atoms with van der Waals surface area (Å²) in [6, 6.07) is 9.46. The second-order valence-corrected chi connectivity index (χ2v) is 4.69. The second kappa shape index (κ2) is 4.46. The molecule has 96 valence electrons. The van der Waals surface area contributed by atoms with Gasteiger partial charge in [0, 0.05) is 11.5 Å². The standard InChI is InChI=1S/C15H12FNO2/c16-12-4-2-1-3-10(12)13-8-7-11(15(18)19)14(17-13)9-5-6-9/h1-4,7-9H,5-6H2,(H,18,19). The molecule has 1 aliphatic rings. The lowest BCUT2D eigenvalue weighted by atomic mass is 10.1. The quantitative estimate of drug-likeness (QED) is 0.916. The van der Waals surface area contributed by atoms with E-state index in [1.54, 1.807) is 24.3 Å². The molecule has 4 heteroatoms. The van der Waals surface area contributed by atoms with Gasteiger partial charge in [0.2, 0.25) is 0 Å². The molecule has 19 heavy (non-hydrogen) atoms. The van der Waals surface area contributed by atoms with Gasteiger partial charge in [0.05, 0.1) is 17.0 Å². The monoisotopic (exact) mass is 257 g/mol. The van der Waals surface area contributed by atoms with Crippen molar-refractivity contribution < 1.29 is 14.3 Å². The molecule has 1 aliphatic carbocycles. The summed E-state index contributed by atoms with van der Waals surface area (Å²) >= 11 is 0. The first-order valence-electron chi connectivity index (χ1n) is 6.16. The number of nitrogens with zero attached hydrogens (tertiary/aromatic N) is 1. The fraction of sp³-hybridized carbons (Fsp3) is 0.200. The van der Waals surface area contributed by atoms with Crippen LogP contribution in [0, 0.1) is 5.82 Å². The number of rotatable bonds is 3. The number of carbonyl (C=O) groups is 1. The maximum atomic E-state index is 13.7. The highest BCUT2D eigenvalue weighted by Crippen LogP contribution is 2.41. The number of aromatic carboxylic acids is 1. The van der Waals surface area contributed by atoms with Gasteiger partial charge < -0.3 is 5.11 Å². The van der Waals surface area contributed by atoms with Crippen LogP contribution in [0.4, 0.5) is 4.39 Å². The van der Waals surface area contributed by atoms with Gasteiger partial charge in [-0.15, -0.1) is 0 Å². The van der Waals surface area contributed by atoms with Gasteiger partial charge in [-0.3, -0.25) is 4.98 Å². The zero-order valence-electron chi connectivity index (χ0n) is 10.1. The predicted octanol–water partition coefficient (Wildman–Crippen LogP) is 3.46. The molecule has 1 saturated carbocycles. The first-order chi connectivity index (χ1) is 9.16. The number of pyridine rings is 1. The van der Waals surface area contributed by atoms with Crippen LogP contribution < -0.4 is 0 Å². The first-order valence-corrected chi connectivity index (χ1v) is 6.16. The lowest BCUT2D eigenvalue weighted by molar-refractivity contribution is 0.0695. The lowest BCUT2D eigenvalue weighted by Crippen LogP contribution is -2.05. The van der Waals surface area contributed by atoms with E-state index in [-0.39, 0.29) is 17.3 Å². The number of hydrogen-bond acceptors (Lipinski definition) is 2. The van der Waals surface area contributed by atoms with E-state index in [2.05, 4.69) is 4.98 Å². The third kappa shape index (κ3) is 2.21. The normalized spacial score (nSPS) is 14.4. The van der Waals surface area contributed by atoms with Crippen LogP contribution in [-0.4, -0.2) is 16.1 Å². The Kier molecular flexibility index (Phi) is 2.78. The molecule has 1 N–H and O–H groups in total. The van der Waals surface area contributed by atoms with Crippen LogP contribution in [0.15, 0.2) is 36.4 Å². The largest absolute Gasteiger partial charge is 0.478 e. The van der Waals surface area contributed by atoms with Crippen molar-refractivity contribution in [2.45, 2.75) is 18.8 Å². The molecule has 0 bridgehead atoms. The summed E-state index contributed by atoms with van der Waals surface area (Å²) in [5.74, 6) is -1.12. The molecule has 0 saturated heterocycles. The van der Waals surface area contributed by atoms with E-state index in [0.29, 0.717) is 17.0 Å². The molecule has 0 unspecified atom stereocenters. The SMILES string of the molecule is O=C(O)c1ccc(-c2ccccc2F)nc1C1CC1. The van der Waals surface area contributed by atoms with Crippen molar-refractivity contribution in [2.24, 2.45) is 0 Å². The van der Waals surface area contributed by atoms with Crippen molar-refractivity contribution in [2.75, 3.05) is 0 Å². The molecule has 1 aromatic carbocycles. The lowest BCUT2D eigenvalue weighted by Gasteiger charge is -2.08. The summed E-state index contributed by atoms with van der Waals surface area (Å²) in [5.41, 5.74) is 1.70. The smallest absolute Gasteiger partial charge is 0.337 e. The Bertz CT molecular complexity index is 650. The number of carboxylic acid groups (broad SMARTS) is 1. The van der Waals surface area contributed by atoms with E-state index in [1.165, 1.54) is 12.1 Å². The Morgan fingerprint density at radius 1 is 1.21 bits per heavy atom. The van der Waals surface area contributed by atoms with Crippen molar-refractivity contribution in [3.63, 3.8) is 0 Å². The van der Waals surface area contributed by atoms with E-state index >= 15 is 0 Å². The molecular weight excluding hydrogens is 245 g/mol. The molecule has 0 radical (unpaired) electrons. The van der Waals surface area contributed by atoms with Crippen LogP contribution in [0.5, 0.6) is 0 Å². The predicted molar refractivity (Wildman–Crippen MR) is 68.6 cm³/mol. The van der Waals surface area contributed by atoms with E-state index < -0.39 is 5.97 Å². The maximum absolute atomic E-state index is 13.7. The van der Waals surface area contributed by atoms with Crippen molar-refractivity contribution in [1.29, 1.82) is 0 Å². The van der Waals surface area contributed by atoms with E-state index in [4.69, 9.17) is 5.11 Å². The minimum atomic E-state index is -0.977. The van der Waals surface area contributed by atoms with Gasteiger partial charge in [-0.05, 0) is 37.1 Å². The third-order valence-electron chi connectivity index (χ3n) is 3.27. The minimum Gasteiger partial charge on any atom is -0.478 e. The van der Waals surface area contributed by atoms with Crippen LogP contribution >= 0.6 is 0 Å². The Morgan fingerprint density at radius 2 is 1.95 bits per heavy atom. The average Bonchev–Trinajstić information content (AvgIpc) is 3.23. The van der Waals surface area contributed by atoms with Crippen molar-refractivity contribution in [3.05, 3.63) is 53.5 Å². The zero-order chi connectivity index (χ0) is 13.4. The number of aromatic nitrogens is 1. The summed E-state index contributed by atoms with van der Waals surface area (Å²) in [7, 11) is 0. The van der Waals surface area contributed by atoms with Gasteiger partial charge in [-0.1, -0.05) is 12.1 Å². The summed E-state index contributed by atoms with van der Waals surface area (Å²) in [6.07, 6.45) is 1.90. The highest BCUT2D eigenvalue weighted by Gasteiger charge is 2.30. The minimum absolute atomic E-state index is 0.206. The molecule has 2 aromatic rings. The molecule has 0 aliphatic heterocycles. The van der Waals surface area contributed by atoms with Gasteiger partial charge in [0.25, 0.3) is 0 Å². The topological polar surface area (TPSA) is 50.2 Å². The Hall–Kier alpha value is -2.23. The summed E-state index contributed by atoms with van der Waals surface area (Å²) in [5, 5.41) is 9.14. The molecule has 3 rings (SSSR count). The van der Waals surface area contributed by atoms with Crippen molar-refractivity contribution in [3.8, 4) is 11.3 Å². The fourth-order valence-corrected chi connectivity index (χ4v) is 2.14. The molecule has 0 amide bonds. The molecule has 0 spiro atoms. The van der Waals surface area contributed by atoms with Crippen molar-refractivity contribution in [1.82, 2.24) is 4.98 Å². The first kappa shape index (κ1) is 11.8. The van der Waals surface area contributed by atoms with E-state index in [0.717, 1.165) is 12.8 Å². The van der Waals surface area contributed by atoms with Gasteiger partial charge in [0.1, 0.15) is 5.82 Å². The van der Waals surface area contributed by atoms with E-state index in [9.17, 15) is 9.18 Å². The zero-order valence-corrected chi connectivity index (χ0v) is 10.1. The van der Waals surface area contributed by atoms with Crippen LogP contribution in [0.25, 0.3) is 11.3 Å². The van der Waals surface area contributed by atoms with Crippen molar-refractivity contribution >= 4 is 5.97 Å². The molecular formula is C15H12FNO2. The number of hydrogen-bond donors (Lipinski definition) is 1. The Labute approximate surface area is 109 Å². The highest BCUT2D eigenvalue weighted by atomic mass is 19.1. The van der Waals surface area contributed by atoms with Gasteiger partial charge in [0.15, 0.2) is 0 Å². The highest BCUT2D eigenvalue weighted by molar-refractivity contribution is 5.89. The van der Waals surface area contributed by atoms with Gasteiger partial charge in [-0.2, -0.15) is 0 Å².